The standard InChI is InChI=1S/C14H19F2N/c1-8(2)4-9(3)12-7-17-14-11(12)5-10(15)6-13(14)16/h5-6,8-9,12,17H,4,7H2,1-3H3. The molecule has 0 spiro atoms. The zero-order chi connectivity index (χ0) is 12.6. The maximum atomic E-state index is 13.5. The Morgan fingerprint density at radius 1 is 1.29 bits per heavy atom. The van der Waals surface area contributed by atoms with Gasteiger partial charge in [0.15, 0.2) is 0 Å². The molecule has 1 aromatic rings. The summed E-state index contributed by atoms with van der Waals surface area (Å²) in [6.07, 6.45) is 1.07. The molecule has 3 heteroatoms. The normalized spacial score (nSPS) is 20.2. The van der Waals surface area contributed by atoms with Crippen LogP contribution in [0, 0.1) is 23.5 Å². The number of fused-ring (bicyclic) bond motifs is 1. The highest BCUT2D eigenvalue weighted by Crippen LogP contribution is 2.40. The fourth-order valence-corrected chi connectivity index (χ4v) is 2.81. The minimum Gasteiger partial charge on any atom is -0.382 e. The number of nitrogens with one attached hydrogen (secondary N) is 1. The van der Waals surface area contributed by atoms with Crippen molar-refractivity contribution in [2.75, 3.05) is 11.9 Å². The maximum absolute atomic E-state index is 13.5. The second-order valence-corrected chi connectivity index (χ2v) is 5.45. The van der Waals surface area contributed by atoms with Crippen LogP contribution in [-0.4, -0.2) is 6.54 Å². The van der Waals surface area contributed by atoms with E-state index in [1.54, 1.807) is 0 Å². The van der Waals surface area contributed by atoms with Gasteiger partial charge in [0.25, 0.3) is 0 Å². The summed E-state index contributed by atoms with van der Waals surface area (Å²) in [5.41, 5.74) is 1.29. The van der Waals surface area contributed by atoms with Crippen LogP contribution in [0.25, 0.3) is 0 Å². The summed E-state index contributed by atoms with van der Waals surface area (Å²) >= 11 is 0. The number of rotatable bonds is 3. The molecule has 2 atom stereocenters. The Labute approximate surface area is 101 Å². The summed E-state index contributed by atoms with van der Waals surface area (Å²) in [7, 11) is 0. The molecule has 1 aliphatic heterocycles. The Kier molecular flexibility index (Phi) is 3.36. The number of benzene rings is 1. The summed E-state index contributed by atoms with van der Waals surface area (Å²) in [5.74, 6) is 0.306. The molecule has 0 saturated heterocycles. The van der Waals surface area contributed by atoms with Crippen LogP contribution in [0.4, 0.5) is 14.5 Å². The third-order valence-electron chi connectivity index (χ3n) is 3.51. The van der Waals surface area contributed by atoms with Crippen molar-refractivity contribution < 1.29 is 8.78 Å². The van der Waals surface area contributed by atoms with Crippen molar-refractivity contribution >= 4 is 5.69 Å². The smallest absolute Gasteiger partial charge is 0.149 e. The van der Waals surface area contributed by atoms with E-state index < -0.39 is 11.6 Å². The van der Waals surface area contributed by atoms with Crippen LogP contribution in [0.15, 0.2) is 12.1 Å². The summed E-state index contributed by atoms with van der Waals surface area (Å²) in [6.45, 7) is 7.21. The molecule has 0 aliphatic carbocycles. The molecular formula is C14H19F2N. The van der Waals surface area contributed by atoms with Gasteiger partial charge in [-0.05, 0) is 29.9 Å². The van der Waals surface area contributed by atoms with E-state index in [4.69, 9.17) is 0 Å². The fraction of sp³-hybridized carbons (Fsp3) is 0.571. The van der Waals surface area contributed by atoms with E-state index in [1.165, 1.54) is 6.07 Å². The second-order valence-electron chi connectivity index (χ2n) is 5.45. The molecule has 1 heterocycles. The average molecular weight is 239 g/mol. The van der Waals surface area contributed by atoms with Gasteiger partial charge in [0, 0.05) is 18.5 Å². The number of halogens is 2. The molecule has 1 nitrogen and oxygen atoms in total. The van der Waals surface area contributed by atoms with E-state index in [0.717, 1.165) is 18.1 Å². The lowest BCUT2D eigenvalue weighted by Crippen LogP contribution is -2.14. The third kappa shape index (κ3) is 2.43. The Morgan fingerprint density at radius 2 is 2.00 bits per heavy atom. The van der Waals surface area contributed by atoms with Gasteiger partial charge in [-0.1, -0.05) is 20.8 Å². The molecule has 0 amide bonds. The van der Waals surface area contributed by atoms with Crippen LogP contribution >= 0.6 is 0 Å². The van der Waals surface area contributed by atoms with Crippen molar-refractivity contribution in [1.29, 1.82) is 0 Å². The number of hydrogen-bond acceptors (Lipinski definition) is 1. The molecule has 94 valence electrons. The van der Waals surface area contributed by atoms with Gasteiger partial charge in [0.2, 0.25) is 0 Å². The topological polar surface area (TPSA) is 12.0 Å². The Bertz CT molecular complexity index is 415. The summed E-state index contributed by atoms with van der Waals surface area (Å²) in [4.78, 5) is 0. The zero-order valence-electron chi connectivity index (χ0n) is 10.6. The first kappa shape index (κ1) is 12.3. The van der Waals surface area contributed by atoms with Gasteiger partial charge >= 0.3 is 0 Å². The SMILES string of the molecule is CC(C)CC(C)C1CNc2c(F)cc(F)cc21. The van der Waals surface area contributed by atoms with E-state index in [9.17, 15) is 8.78 Å². The van der Waals surface area contributed by atoms with Crippen LogP contribution in [0.3, 0.4) is 0 Å². The molecule has 0 bridgehead atoms. The highest BCUT2D eigenvalue weighted by atomic mass is 19.1. The minimum atomic E-state index is -0.480. The fourth-order valence-electron chi connectivity index (χ4n) is 2.81. The van der Waals surface area contributed by atoms with Crippen LogP contribution < -0.4 is 5.32 Å². The van der Waals surface area contributed by atoms with Crippen molar-refractivity contribution in [2.24, 2.45) is 11.8 Å². The molecule has 0 fully saturated rings. The van der Waals surface area contributed by atoms with Crippen molar-refractivity contribution in [1.82, 2.24) is 0 Å². The van der Waals surface area contributed by atoms with E-state index in [2.05, 4.69) is 26.1 Å². The molecule has 0 radical (unpaired) electrons. The van der Waals surface area contributed by atoms with Crippen molar-refractivity contribution in [3.05, 3.63) is 29.3 Å². The summed E-state index contributed by atoms with van der Waals surface area (Å²) in [6, 6.07) is 2.42. The number of hydrogen-bond donors (Lipinski definition) is 1. The largest absolute Gasteiger partial charge is 0.382 e. The molecule has 2 rings (SSSR count). The van der Waals surface area contributed by atoms with Crippen LogP contribution in [0.5, 0.6) is 0 Å². The monoisotopic (exact) mass is 239 g/mol. The van der Waals surface area contributed by atoms with E-state index in [-0.39, 0.29) is 5.92 Å². The first-order chi connectivity index (χ1) is 7.99. The molecule has 1 aromatic carbocycles. The minimum absolute atomic E-state index is 0.220. The molecule has 0 saturated carbocycles. The van der Waals surface area contributed by atoms with Crippen LogP contribution in [0.1, 0.15) is 38.7 Å². The van der Waals surface area contributed by atoms with Gasteiger partial charge < -0.3 is 5.32 Å². The van der Waals surface area contributed by atoms with Gasteiger partial charge in [0.1, 0.15) is 11.6 Å². The highest BCUT2D eigenvalue weighted by molar-refractivity contribution is 5.59. The lowest BCUT2D eigenvalue weighted by atomic mass is 9.83. The Morgan fingerprint density at radius 3 is 2.65 bits per heavy atom. The highest BCUT2D eigenvalue weighted by Gasteiger charge is 2.30. The molecule has 1 aliphatic rings. The molecule has 17 heavy (non-hydrogen) atoms. The Balaban J connectivity index is 2.27. The van der Waals surface area contributed by atoms with E-state index in [0.29, 0.717) is 24.1 Å². The molecule has 1 N–H and O–H groups in total. The zero-order valence-corrected chi connectivity index (χ0v) is 10.6. The Hall–Kier alpha value is -1.12. The maximum Gasteiger partial charge on any atom is 0.149 e. The third-order valence-corrected chi connectivity index (χ3v) is 3.51. The number of anilines is 1. The predicted octanol–water partition coefficient (Wildman–Crippen LogP) is 4.16. The van der Waals surface area contributed by atoms with Gasteiger partial charge in [0.05, 0.1) is 5.69 Å². The first-order valence-corrected chi connectivity index (χ1v) is 6.22. The van der Waals surface area contributed by atoms with Crippen molar-refractivity contribution in [3.8, 4) is 0 Å². The second kappa shape index (κ2) is 4.63. The predicted molar refractivity (Wildman–Crippen MR) is 66.2 cm³/mol. The molecule has 0 aromatic heterocycles. The van der Waals surface area contributed by atoms with E-state index >= 15 is 0 Å². The van der Waals surface area contributed by atoms with Gasteiger partial charge in [-0.2, -0.15) is 0 Å². The quantitative estimate of drug-likeness (QED) is 0.835. The average Bonchev–Trinajstić information content (AvgIpc) is 2.59. The summed E-state index contributed by atoms with van der Waals surface area (Å²) in [5, 5.41) is 3.06. The lowest BCUT2D eigenvalue weighted by molar-refractivity contribution is 0.387. The van der Waals surface area contributed by atoms with Gasteiger partial charge in [-0.15, -0.1) is 0 Å². The summed E-state index contributed by atoms with van der Waals surface area (Å²) < 4.78 is 26.8. The van der Waals surface area contributed by atoms with Crippen LogP contribution in [-0.2, 0) is 0 Å². The first-order valence-electron chi connectivity index (χ1n) is 6.22. The van der Waals surface area contributed by atoms with Gasteiger partial charge in [-0.3, -0.25) is 0 Å². The van der Waals surface area contributed by atoms with Gasteiger partial charge in [-0.25, -0.2) is 8.78 Å². The lowest BCUT2D eigenvalue weighted by Gasteiger charge is -2.21. The van der Waals surface area contributed by atoms with Crippen molar-refractivity contribution in [3.63, 3.8) is 0 Å². The van der Waals surface area contributed by atoms with Crippen molar-refractivity contribution in [2.45, 2.75) is 33.1 Å². The van der Waals surface area contributed by atoms with E-state index in [1.807, 2.05) is 0 Å². The molecule has 2 unspecified atom stereocenters. The van der Waals surface area contributed by atoms with Crippen LogP contribution in [0.2, 0.25) is 0 Å². The molecular weight excluding hydrogens is 220 g/mol.